The predicted molar refractivity (Wildman–Crippen MR) is 223 cm³/mol. The number of fused-ring (bicyclic) bond motifs is 5. The van der Waals surface area contributed by atoms with E-state index in [1.54, 1.807) is 0 Å². The van der Waals surface area contributed by atoms with Crippen molar-refractivity contribution < 1.29 is 0 Å². The Morgan fingerprint density at radius 1 is 0.296 bits per heavy atom. The van der Waals surface area contributed by atoms with Crippen LogP contribution in [0.5, 0.6) is 0 Å². The summed E-state index contributed by atoms with van der Waals surface area (Å²) in [5, 5.41) is 4.37. The van der Waals surface area contributed by atoms with Crippen molar-refractivity contribution in [3.8, 4) is 67.5 Å². The molecule has 10 aromatic rings. The number of aromatic nitrogens is 4. The van der Waals surface area contributed by atoms with Crippen molar-refractivity contribution in [2.24, 2.45) is 0 Å². The quantitative estimate of drug-likeness (QED) is 0.163. The molecule has 54 heavy (non-hydrogen) atoms. The fourth-order valence-electron chi connectivity index (χ4n) is 7.35. The van der Waals surface area contributed by atoms with Crippen molar-refractivity contribution in [1.29, 1.82) is 0 Å². The third-order valence-electron chi connectivity index (χ3n) is 10.1. The van der Waals surface area contributed by atoms with Crippen molar-refractivity contribution in [3.63, 3.8) is 0 Å². The Kier molecular flexibility index (Phi) is 7.77. The van der Waals surface area contributed by atoms with Gasteiger partial charge in [-0.3, -0.25) is 0 Å². The van der Waals surface area contributed by atoms with Crippen molar-refractivity contribution in [1.82, 2.24) is 19.9 Å². The molecule has 3 aromatic heterocycles. The Morgan fingerprint density at radius 2 is 0.870 bits per heavy atom. The van der Waals surface area contributed by atoms with Gasteiger partial charge in [-0.15, -0.1) is 0 Å². The molecule has 0 aliphatic rings. The number of benzene rings is 7. The summed E-state index contributed by atoms with van der Waals surface area (Å²) in [4.78, 5) is 20.8. The molecule has 0 atom stereocenters. The molecule has 4 nitrogen and oxygen atoms in total. The van der Waals surface area contributed by atoms with E-state index in [9.17, 15) is 0 Å². The summed E-state index contributed by atoms with van der Waals surface area (Å²) in [5.74, 6) is 0.686. The van der Waals surface area contributed by atoms with Crippen molar-refractivity contribution in [3.05, 3.63) is 194 Å². The van der Waals surface area contributed by atoms with Crippen molar-refractivity contribution in [2.45, 2.75) is 0 Å². The zero-order valence-electron chi connectivity index (χ0n) is 29.3. The summed E-state index contributed by atoms with van der Waals surface area (Å²) in [7, 11) is 0. The predicted octanol–water partition coefficient (Wildman–Crippen LogP) is 12.7. The number of hydrogen-bond donors (Lipinski definition) is 0. The van der Waals surface area contributed by atoms with Gasteiger partial charge in [0.05, 0.1) is 33.8 Å². The molecular formula is C50H32N4. The summed E-state index contributed by atoms with van der Waals surface area (Å²) in [6, 6.07) is 67.3. The maximum absolute atomic E-state index is 5.30. The highest BCUT2D eigenvalue weighted by atomic mass is 14.9. The van der Waals surface area contributed by atoms with Crippen LogP contribution in [0.1, 0.15) is 0 Å². The van der Waals surface area contributed by atoms with Crippen molar-refractivity contribution >= 4 is 32.6 Å². The first-order valence-corrected chi connectivity index (χ1v) is 18.1. The maximum atomic E-state index is 5.30. The molecule has 3 heterocycles. The number of rotatable bonds is 6. The highest BCUT2D eigenvalue weighted by molar-refractivity contribution is 6.20. The van der Waals surface area contributed by atoms with Gasteiger partial charge in [0.25, 0.3) is 0 Å². The molecule has 7 aromatic carbocycles. The number of hydrogen-bond acceptors (Lipinski definition) is 4. The van der Waals surface area contributed by atoms with Crippen LogP contribution in [0.25, 0.3) is 100 Å². The van der Waals surface area contributed by atoms with Crippen LogP contribution in [-0.2, 0) is 0 Å². The van der Waals surface area contributed by atoms with Crippen LogP contribution in [-0.4, -0.2) is 19.9 Å². The zero-order valence-corrected chi connectivity index (χ0v) is 29.3. The zero-order chi connectivity index (χ0) is 35.8. The van der Waals surface area contributed by atoms with E-state index in [0.29, 0.717) is 5.82 Å². The lowest BCUT2D eigenvalue weighted by Crippen LogP contribution is -1.96. The molecule has 0 spiro atoms. The second-order valence-corrected chi connectivity index (χ2v) is 13.5. The number of para-hydroxylation sites is 1. The number of nitrogens with zero attached hydrogens (tertiary/aromatic N) is 4. The summed E-state index contributed by atoms with van der Waals surface area (Å²) in [5.41, 5.74) is 12.9. The van der Waals surface area contributed by atoms with E-state index in [4.69, 9.17) is 19.9 Å². The smallest absolute Gasteiger partial charge is 0.160 e. The molecule has 0 radical (unpaired) electrons. The minimum absolute atomic E-state index is 0.686. The first-order valence-electron chi connectivity index (χ1n) is 18.1. The average molecular weight is 689 g/mol. The largest absolute Gasteiger partial charge is 0.247 e. The molecule has 0 bridgehead atoms. The molecule has 4 heteroatoms. The van der Waals surface area contributed by atoms with Gasteiger partial charge in [0, 0.05) is 44.0 Å². The van der Waals surface area contributed by atoms with E-state index < -0.39 is 0 Å². The van der Waals surface area contributed by atoms with Gasteiger partial charge in [0.15, 0.2) is 5.82 Å². The second-order valence-electron chi connectivity index (χ2n) is 13.5. The first kappa shape index (κ1) is 31.4. The van der Waals surface area contributed by atoms with Gasteiger partial charge >= 0.3 is 0 Å². The fraction of sp³-hybridized carbons (Fsp3) is 0. The normalized spacial score (nSPS) is 11.3. The second kappa shape index (κ2) is 13.4. The van der Waals surface area contributed by atoms with Crippen molar-refractivity contribution in [2.75, 3.05) is 0 Å². The van der Waals surface area contributed by atoms with E-state index in [2.05, 4.69) is 158 Å². The van der Waals surface area contributed by atoms with E-state index in [-0.39, 0.29) is 0 Å². The van der Waals surface area contributed by atoms with Crippen LogP contribution in [0.3, 0.4) is 0 Å². The summed E-state index contributed by atoms with van der Waals surface area (Å²) in [6.45, 7) is 0. The molecule has 0 N–H and O–H groups in total. The lowest BCUT2D eigenvalue weighted by molar-refractivity contribution is 1.18. The molecule has 0 amide bonds. The van der Waals surface area contributed by atoms with Gasteiger partial charge in [0.2, 0.25) is 0 Å². The minimum Gasteiger partial charge on any atom is -0.247 e. The highest BCUT2D eigenvalue weighted by Gasteiger charge is 2.17. The van der Waals surface area contributed by atoms with Gasteiger partial charge < -0.3 is 0 Å². The Balaban J connectivity index is 1.12. The fourth-order valence-corrected chi connectivity index (χ4v) is 7.35. The average Bonchev–Trinajstić information content (AvgIpc) is 3.26. The molecule has 0 fully saturated rings. The molecule has 0 aliphatic carbocycles. The van der Waals surface area contributed by atoms with Crippen LogP contribution in [0, 0.1) is 0 Å². The molecule has 0 aliphatic heterocycles. The lowest BCUT2D eigenvalue weighted by Gasteiger charge is -2.14. The Labute approximate surface area is 313 Å². The van der Waals surface area contributed by atoms with Gasteiger partial charge in [-0.2, -0.15) is 0 Å². The third-order valence-corrected chi connectivity index (χ3v) is 10.1. The summed E-state index contributed by atoms with van der Waals surface area (Å²) < 4.78 is 0. The Bertz CT molecular complexity index is 2960. The van der Waals surface area contributed by atoms with E-state index in [1.807, 2.05) is 36.4 Å². The molecule has 252 valence electrons. The topological polar surface area (TPSA) is 51.6 Å². The van der Waals surface area contributed by atoms with Crippen LogP contribution in [0.15, 0.2) is 194 Å². The molecule has 0 unspecified atom stereocenters. The van der Waals surface area contributed by atoms with Crippen LogP contribution >= 0.6 is 0 Å². The van der Waals surface area contributed by atoms with Crippen LogP contribution in [0.4, 0.5) is 0 Å². The van der Waals surface area contributed by atoms with E-state index in [1.165, 1.54) is 5.56 Å². The lowest BCUT2D eigenvalue weighted by atomic mass is 9.96. The molecule has 0 saturated carbocycles. The molecule has 10 rings (SSSR count). The van der Waals surface area contributed by atoms with E-state index >= 15 is 0 Å². The van der Waals surface area contributed by atoms with Gasteiger partial charge in [-0.25, -0.2) is 19.9 Å². The third kappa shape index (κ3) is 5.76. The highest BCUT2D eigenvalue weighted by Crippen LogP contribution is 2.38. The number of pyridine rings is 2. The first-order chi connectivity index (χ1) is 26.7. The summed E-state index contributed by atoms with van der Waals surface area (Å²) in [6.07, 6.45) is 0. The maximum Gasteiger partial charge on any atom is 0.160 e. The van der Waals surface area contributed by atoms with Crippen LogP contribution < -0.4 is 0 Å². The monoisotopic (exact) mass is 688 g/mol. The van der Waals surface area contributed by atoms with E-state index in [0.717, 1.165) is 88.7 Å². The Morgan fingerprint density at radius 3 is 1.63 bits per heavy atom. The van der Waals surface area contributed by atoms with Gasteiger partial charge in [-0.05, 0) is 40.8 Å². The standard InChI is InChI=1S/C50H32N4/c1-4-13-33(14-5-1)39-19-12-20-40(31-39)46-32-45(53-50(54-46)38-17-8-3-9-18-38)35-23-25-36(26-24-35)49-47-42(41-21-10-11-22-44(41)52-49)29-27-37-28-30-43(51-48(37)47)34-15-6-2-7-16-34/h1-32H. The van der Waals surface area contributed by atoms with Gasteiger partial charge in [0.1, 0.15) is 0 Å². The van der Waals surface area contributed by atoms with Gasteiger partial charge in [-0.1, -0.05) is 170 Å². The van der Waals surface area contributed by atoms with Crippen LogP contribution in [0.2, 0.25) is 0 Å². The molecular weight excluding hydrogens is 657 g/mol. The minimum atomic E-state index is 0.686. The Hall–Kier alpha value is -7.30. The summed E-state index contributed by atoms with van der Waals surface area (Å²) >= 11 is 0. The SMILES string of the molecule is c1ccc(-c2cccc(-c3cc(-c4ccc(-c5nc6ccccc6c6ccc7ccc(-c8ccccc8)nc7c56)cc4)nc(-c4ccccc4)n3)c2)cc1. The molecule has 0 saturated heterocycles.